The molecular weight excluding hydrogens is 502 g/mol. The summed E-state index contributed by atoms with van der Waals surface area (Å²) in [7, 11) is 0. The molecule has 0 aromatic heterocycles. The second-order valence-electron chi connectivity index (χ2n) is 9.88. The molecule has 9 heteroatoms. The second-order valence-corrected chi connectivity index (χ2v) is 9.88. The number of rotatable bonds is 12. The molecule has 1 heterocycles. The van der Waals surface area contributed by atoms with Crippen LogP contribution < -0.4 is 0 Å². The lowest BCUT2D eigenvalue weighted by atomic mass is 9.93. The van der Waals surface area contributed by atoms with Crippen LogP contribution >= 0.6 is 0 Å². The smallest absolute Gasteiger partial charge is 0.416 e. The van der Waals surface area contributed by atoms with Crippen LogP contribution in [-0.4, -0.2) is 54.4 Å². The molecule has 210 valence electrons. The number of alkyl halides is 3. The van der Waals surface area contributed by atoms with Crippen LogP contribution in [0.5, 0.6) is 0 Å². The molecule has 2 aromatic rings. The van der Waals surface area contributed by atoms with Gasteiger partial charge in [-0.3, -0.25) is 9.69 Å². The van der Waals surface area contributed by atoms with E-state index < -0.39 is 29.9 Å². The summed E-state index contributed by atoms with van der Waals surface area (Å²) in [5, 5.41) is 10.7. The molecule has 2 aromatic carbocycles. The Morgan fingerprint density at radius 3 is 2.68 bits per heavy atom. The van der Waals surface area contributed by atoms with Crippen molar-refractivity contribution < 1.29 is 36.9 Å². The summed E-state index contributed by atoms with van der Waals surface area (Å²) in [5.74, 6) is -0.793. The van der Waals surface area contributed by atoms with Crippen LogP contribution in [0.1, 0.15) is 67.0 Å². The first-order chi connectivity index (χ1) is 18.0. The van der Waals surface area contributed by atoms with E-state index in [1.807, 2.05) is 6.07 Å². The molecule has 0 aliphatic carbocycles. The first kappa shape index (κ1) is 30.1. The highest BCUT2D eigenvalue weighted by Gasteiger charge is 2.35. The molecule has 0 amide bonds. The topological polar surface area (TPSA) is 59.0 Å². The number of ether oxygens (including phenoxy) is 2. The molecule has 1 N–H and O–H groups in total. The van der Waals surface area contributed by atoms with Gasteiger partial charge in [0.05, 0.1) is 31.0 Å². The van der Waals surface area contributed by atoms with Gasteiger partial charge in [-0.05, 0) is 87.4 Å². The Labute approximate surface area is 221 Å². The molecule has 0 radical (unpaired) electrons. The van der Waals surface area contributed by atoms with E-state index >= 15 is 0 Å². The Balaban J connectivity index is 1.62. The number of aliphatic hydroxyl groups is 1. The average molecular weight is 540 g/mol. The summed E-state index contributed by atoms with van der Waals surface area (Å²) in [6.07, 6.45) is -3.88. The molecule has 5 nitrogen and oxygen atoms in total. The first-order valence-electron chi connectivity index (χ1n) is 13.1. The second kappa shape index (κ2) is 13.5. The highest BCUT2D eigenvalue weighted by atomic mass is 19.4. The van der Waals surface area contributed by atoms with Gasteiger partial charge >= 0.3 is 12.1 Å². The van der Waals surface area contributed by atoms with E-state index in [9.17, 15) is 27.5 Å². The number of hydrogen-bond acceptors (Lipinski definition) is 5. The van der Waals surface area contributed by atoms with Crippen LogP contribution in [0, 0.1) is 12.7 Å². The Hall–Kier alpha value is -2.49. The van der Waals surface area contributed by atoms with Crippen molar-refractivity contribution in [3.8, 4) is 0 Å². The van der Waals surface area contributed by atoms with Gasteiger partial charge in [-0.15, -0.1) is 0 Å². The number of hydrogen-bond donors (Lipinski definition) is 1. The Kier molecular flexibility index (Phi) is 10.7. The standard InChI is InChI=1S/C29H37F4NO4/c1-4-37-28(36)13-12-25-24(8-5-9-26(25)29(31,32)33)20(3)38-18-23(35)17-34-14-6-7-22(34)15-21-11-10-19(2)27(30)16-21/h5,8-11,16,20,22-23,35H,4,6-7,12-15,17-18H2,1-3H3/t20-,22+,23-/m1/s1. The van der Waals surface area contributed by atoms with E-state index in [1.165, 1.54) is 6.07 Å². The molecule has 0 spiro atoms. The number of carbonyl (C=O) groups excluding carboxylic acids is 1. The summed E-state index contributed by atoms with van der Waals surface area (Å²) in [5.41, 5.74) is 1.03. The lowest BCUT2D eigenvalue weighted by Gasteiger charge is -2.28. The van der Waals surface area contributed by atoms with Gasteiger partial charge < -0.3 is 14.6 Å². The van der Waals surface area contributed by atoms with Gasteiger partial charge in [0.2, 0.25) is 0 Å². The van der Waals surface area contributed by atoms with Crippen LogP contribution in [0.25, 0.3) is 0 Å². The number of β-amino-alcohol motifs (C(OH)–C–C–N with tert-alkyl or cyclic N) is 1. The largest absolute Gasteiger partial charge is 0.466 e. The first-order valence-corrected chi connectivity index (χ1v) is 13.1. The third kappa shape index (κ3) is 8.25. The number of carbonyl (C=O) groups is 1. The molecule has 38 heavy (non-hydrogen) atoms. The lowest BCUT2D eigenvalue weighted by Crippen LogP contribution is -2.39. The van der Waals surface area contributed by atoms with Crippen molar-refractivity contribution in [1.82, 2.24) is 4.90 Å². The predicted molar refractivity (Wildman–Crippen MR) is 136 cm³/mol. The number of esters is 1. The summed E-state index contributed by atoms with van der Waals surface area (Å²) in [6, 6.07) is 9.30. The van der Waals surface area contributed by atoms with Crippen molar-refractivity contribution in [2.24, 2.45) is 0 Å². The predicted octanol–water partition coefficient (Wildman–Crippen LogP) is 5.79. The maximum absolute atomic E-state index is 14.0. The minimum absolute atomic E-state index is 0.0000187. The van der Waals surface area contributed by atoms with E-state index in [4.69, 9.17) is 9.47 Å². The normalized spacial score (nSPS) is 17.9. The molecule has 1 aliphatic heterocycles. The van der Waals surface area contributed by atoms with Gasteiger partial charge in [0, 0.05) is 19.0 Å². The third-order valence-corrected chi connectivity index (χ3v) is 7.03. The quantitative estimate of drug-likeness (QED) is 0.273. The Morgan fingerprint density at radius 1 is 1.24 bits per heavy atom. The van der Waals surface area contributed by atoms with Gasteiger partial charge in [-0.1, -0.05) is 24.3 Å². The maximum Gasteiger partial charge on any atom is 0.416 e. The molecule has 1 aliphatic rings. The fourth-order valence-electron chi connectivity index (χ4n) is 5.06. The zero-order chi connectivity index (χ0) is 27.9. The SMILES string of the molecule is CCOC(=O)CCc1c([C@@H](C)OC[C@H](O)CN2CCC[C@H]2Cc2ccc(C)c(F)c2)cccc1C(F)(F)F. The van der Waals surface area contributed by atoms with Crippen molar-refractivity contribution in [3.05, 3.63) is 70.0 Å². The van der Waals surface area contributed by atoms with Crippen LogP contribution in [0.4, 0.5) is 17.6 Å². The van der Waals surface area contributed by atoms with Gasteiger partial charge in [-0.2, -0.15) is 13.2 Å². The van der Waals surface area contributed by atoms with Gasteiger partial charge in [0.15, 0.2) is 0 Å². The fourth-order valence-corrected chi connectivity index (χ4v) is 5.06. The minimum Gasteiger partial charge on any atom is -0.466 e. The number of aliphatic hydroxyl groups excluding tert-OH is 1. The van der Waals surface area contributed by atoms with Crippen LogP contribution in [-0.2, 0) is 33.3 Å². The van der Waals surface area contributed by atoms with Gasteiger partial charge in [0.25, 0.3) is 0 Å². The zero-order valence-electron chi connectivity index (χ0n) is 22.2. The van der Waals surface area contributed by atoms with Gasteiger partial charge in [-0.25, -0.2) is 4.39 Å². The summed E-state index contributed by atoms with van der Waals surface area (Å²) in [6.45, 7) is 6.25. The van der Waals surface area contributed by atoms with Crippen molar-refractivity contribution in [1.29, 1.82) is 0 Å². The average Bonchev–Trinajstić information content (AvgIpc) is 3.29. The van der Waals surface area contributed by atoms with E-state index in [0.29, 0.717) is 24.1 Å². The zero-order valence-corrected chi connectivity index (χ0v) is 22.2. The number of aryl methyl sites for hydroxylation is 1. The van der Waals surface area contributed by atoms with E-state index in [-0.39, 0.29) is 43.5 Å². The van der Waals surface area contributed by atoms with E-state index in [0.717, 1.165) is 31.0 Å². The Bertz CT molecular complexity index is 1080. The Morgan fingerprint density at radius 2 is 2.00 bits per heavy atom. The van der Waals surface area contributed by atoms with Crippen molar-refractivity contribution >= 4 is 5.97 Å². The maximum atomic E-state index is 14.0. The van der Waals surface area contributed by atoms with Crippen molar-refractivity contribution in [2.45, 2.75) is 77.3 Å². The molecule has 3 rings (SSSR count). The lowest BCUT2D eigenvalue weighted by molar-refractivity contribution is -0.144. The van der Waals surface area contributed by atoms with Crippen LogP contribution in [0.2, 0.25) is 0 Å². The van der Waals surface area contributed by atoms with Crippen molar-refractivity contribution in [2.75, 3.05) is 26.3 Å². The summed E-state index contributed by atoms with van der Waals surface area (Å²) < 4.78 is 65.8. The molecule has 1 saturated heterocycles. The fraction of sp³-hybridized carbons (Fsp3) is 0.552. The highest BCUT2D eigenvalue weighted by molar-refractivity contribution is 5.69. The molecule has 1 fully saturated rings. The number of likely N-dealkylation sites (tertiary alicyclic amines) is 1. The van der Waals surface area contributed by atoms with E-state index in [2.05, 4.69) is 4.90 Å². The number of nitrogens with zero attached hydrogens (tertiary/aromatic N) is 1. The number of halogens is 4. The number of benzene rings is 2. The van der Waals surface area contributed by atoms with Crippen LogP contribution in [0.3, 0.4) is 0 Å². The molecular formula is C29H37F4NO4. The third-order valence-electron chi connectivity index (χ3n) is 7.03. The van der Waals surface area contributed by atoms with E-state index in [1.54, 1.807) is 39.0 Å². The minimum atomic E-state index is -4.58. The summed E-state index contributed by atoms with van der Waals surface area (Å²) in [4.78, 5) is 14.0. The summed E-state index contributed by atoms with van der Waals surface area (Å²) >= 11 is 0. The van der Waals surface area contributed by atoms with Crippen molar-refractivity contribution in [3.63, 3.8) is 0 Å². The van der Waals surface area contributed by atoms with Crippen LogP contribution in [0.15, 0.2) is 36.4 Å². The molecule has 0 unspecified atom stereocenters. The highest BCUT2D eigenvalue weighted by Crippen LogP contribution is 2.36. The molecule has 3 atom stereocenters. The molecule has 0 saturated carbocycles. The van der Waals surface area contributed by atoms with Gasteiger partial charge in [0.1, 0.15) is 5.82 Å². The molecule has 0 bridgehead atoms. The monoisotopic (exact) mass is 539 g/mol.